The molecule has 2 amide bonds. The van der Waals surface area contributed by atoms with Gasteiger partial charge in [0.25, 0.3) is 5.91 Å². The Morgan fingerprint density at radius 3 is 2.35 bits per heavy atom. The molecule has 0 saturated carbocycles. The normalized spacial score (nSPS) is 16.0. The minimum atomic E-state index is -0.364. The second-order valence-corrected chi connectivity index (χ2v) is 8.20. The summed E-state index contributed by atoms with van der Waals surface area (Å²) in [6, 6.07) is 13.0. The molecule has 0 bridgehead atoms. The molecule has 6 heteroatoms. The van der Waals surface area contributed by atoms with Crippen LogP contribution in [0.3, 0.4) is 0 Å². The van der Waals surface area contributed by atoms with Gasteiger partial charge in [-0.3, -0.25) is 9.59 Å². The number of hydrogen-bond donors (Lipinski definition) is 1. The molecule has 1 unspecified atom stereocenters. The number of esters is 1. The Hall–Kier alpha value is -3.15. The molecule has 1 fully saturated rings. The maximum Gasteiger partial charge on any atom is 0.337 e. The van der Waals surface area contributed by atoms with Crippen molar-refractivity contribution in [3.63, 3.8) is 0 Å². The fraction of sp³-hybridized carbons (Fsp3) is 0.400. The number of likely N-dealkylation sites (tertiary alicyclic amines) is 1. The molecule has 2 aromatic rings. The maximum absolute atomic E-state index is 12.9. The van der Waals surface area contributed by atoms with Crippen molar-refractivity contribution >= 4 is 17.8 Å². The van der Waals surface area contributed by atoms with Crippen molar-refractivity contribution in [1.82, 2.24) is 10.2 Å². The molecule has 0 spiro atoms. The summed E-state index contributed by atoms with van der Waals surface area (Å²) >= 11 is 0. The fourth-order valence-corrected chi connectivity index (χ4v) is 4.06. The first-order valence-corrected chi connectivity index (χ1v) is 10.7. The number of hydrogen-bond acceptors (Lipinski definition) is 4. The Morgan fingerprint density at radius 1 is 1.03 bits per heavy atom. The van der Waals surface area contributed by atoms with Crippen LogP contribution in [0.4, 0.5) is 0 Å². The van der Waals surface area contributed by atoms with Gasteiger partial charge in [-0.2, -0.15) is 0 Å². The van der Waals surface area contributed by atoms with E-state index in [1.165, 1.54) is 7.11 Å². The van der Waals surface area contributed by atoms with E-state index < -0.39 is 0 Å². The molecule has 31 heavy (non-hydrogen) atoms. The number of rotatable bonds is 6. The van der Waals surface area contributed by atoms with Gasteiger partial charge >= 0.3 is 5.97 Å². The summed E-state index contributed by atoms with van der Waals surface area (Å²) in [5, 5.41) is 3.00. The number of aryl methyl sites for hydroxylation is 2. The molecule has 1 saturated heterocycles. The monoisotopic (exact) mass is 422 g/mol. The van der Waals surface area contributed by atoms with E-state index in [-0.39, 0.29) is 23.7 Å². The summed E-state index contributed by atoms with van der Waals surface area (Å²) in [4.78, 5) is 38.9. The standard InChI is InChI=1S/C25H30N2O4/c1-17-13-18(2)15-22(14-17)24(29)27-12-4-5-21(16-27)23(28)26-11-10-19-6-8-20(9-7-19)25(30)31-3/h6-9,13-15,21H,4-5,10-12,16H2,1-3H3,(H,26,28). The molecule has 1 heterocycles. The predicted molar refractivity (Wildman–Crippen MR) is 119 cm³/mol. The van der Waals surface area contributed by atoms with Crippen molar-refractivity contribution in [2.45, 2.75) is 33.1 Å². The second kappa shape index (κ2) is 10.2. The van der Waals surface area contributed by atoms with Crippen LogP contribution in [0.15, 0.2) is 42.5 Å². The van der Waals surface area contributed by atoms with Gasteiger partial charge in [0.15, 0.2) is 0 Å². The van der Waals surface area contributed by atoms with Crippen molar-refractivity contribution < 1.29 is 19.1 Å². The number of benzene rings is 2. The van der Waals surface area contributed by atoms with Crippen molar-refractivity contribution in [3.05, 3.63) is 70.3 Å². The molecule has 1 atom stereocenters. The molecule has 0 radical (unpaired) electrons. The van der Waals surface area contributed by atoms with Crippen LogP contribution < -0.4 is 5.32 Å². The number of carbonyl (C=O) groups is 3. The Labute approximate surface area is 183 Å². The Morgan fingerprint density at radius 2 is 1.71 bits per heavy atom. The first-order chi connectivity index (χ1) is 14.9. The Bertz CT molecular complexity index is 932. The zero-order valence-electron chi connectivity index (χ0n) is 18.4. The summed E-state index contributed by atoms with van der Waals surface area (Å²) in [6.45, 7) is 5.62. The van der Waals surface area contributed by atoms with Gasteiger partial charge in [0, 0.05) is 25.2 Å². The third-order valence-electron chi connectivity index (χ3n) is 5.64. The van der Waals surface area contributed by atoms with Crippen molar-refractivity contribution in [3.8, 4) is 0 Å². The van der Waals surface area contributed by atoms with Crippen molar-refractivity contribution in [2.24, 2.45) is 5.92 Å². The molecular weight excluding hydrogens is 392 g/mol. The highest BCUT2D eigenvalue weighted by molar-refractivity contribution is 5.95. The van der Waals surface area contributed by atoms with Crippen LogP contribution in [0.1, 0.15) is 50.2 Å². The van der Waals surface area contributed by atoms with E-state index in [0.717, 1.165) is 29.5 Å². The highest BCUT2D eigenvalue weighted by Gasteiger charge is 2.28. The number of carbonyl (C=O) groups excluding carboxylic acids is 3. The summed E-state index contributed by atoms with van der Waals surface area (Å²) in [6.07, 6.45) is 2.28. The molecule has 2 aromatic carbocycles. The van der Waals surface area contributed by atoms with Crippen LogP contribution >= 0.6 is 0 Å². The number of nitrogens with zero attached hydrogens (tertiary/aromatic N) is 1. The van der Waals surface area contributed by atoms with Gasteiger partial charge in [0.1, 0.15) is 0 Å². The van der Waals surface area contributed by atoms with Crippen LogP contribution in [0, 0.1) is 19.8 Å². The van der Waals surface area contributed by atoms with E-state index in [2.05, 4.69) is 5.32 Å². The van der Waals surface area contributed by atoms with Crippen molar-refractivity contribution in [2.75, 3.05) is 26.7 Å². The lowest BCUT2D eigenvalue weighted by Gasteiger charge is -2.32. The fourth-order valence-electron chi connectivity index (χ4n) is 4.06. The molecular formula is C25H30N2O4. The van der Waals surface area contributed by atoms with Crippen LogP contribution in [-0.2, 0) is 16.0 Å². The first kappa shape index (κ1) is 22.5. The predicted octanol–water partition coefficient (Wildman–Crippen LogP) is 3.30. The van der Waals surface area contributed by atoms with E-state index >= 15 is 0 Å². The van der Waals surface area contributed by atoms with Gasteiger partial charge in [0.2, 0.25) is 5.91 Å². The van der Waals surface area contributed by atoms with E-state index in [1.807, 2.05) is 44.2 Å². The molecule has 0 aliphatic carbocycles. The largest absolute Gasteiger partial charge is 0.465 e. The lowest BCUT2D eigenvalue weighted by Crippen LogP contribution is -2.45. The zero-order valence-corrected chi connectivity index (χ0v) is 18.4. The third-order valence-corrected chi connectivity index (χ3v) is 5.64. The molecule has 3 rings (SSSR count). The van der Waals surface area contributed by atoms with Crippen LogP contribution in [-0.4, -0.2) is 49.4 Å². The Balaban J connectivity index is 1.51. The average Bonchev–Trinajstić information content (AvgIpc) is 2.78. The van der Waals surface area contributed by atoms with E-state index in [1.54, 1.807) is 17.0 Å². The summed E-state index contributed by atoms with van der Waals surface area (Å²) in [5.74, 6) is -0.568. The summed E-state index contributed by atoms with van der Waals surface area (Å²) in [5.41, 5.74) is 4.35. The van der Waals surface area contributed by atoms with Gasteiger partial charge in [0.05, 0.1) is 18.6 Å². The van der Waals surface area contributed by atoms with E-state index in [0.29, 0.717) is 37.2 Å². The molecule has 164 valence electrons. The number of amides is 2. The van der Waals surface area contributed by atoms with Crippen molar-refractivity contribution in [1.29, 1.82) is 0 Å². The highest BCUT2D eigenvalue weighted by Crippen LogP contribution is 2.20. The number of piperidine rings is 1. The van der Waals surface area contributed by atoms with Gasteiger partial charge in [-0.1, -0.05) is 29.3 Å². The number of nitrogens with one attached hydrogen (secondary N) is 1. The molecule has 0 aromatic heterocycles. The summed E-state index contributed by atoms with van der Waals surface area (Å²) < 4.78 is 4.70. The summed E-state index contributed by atoms with van der Waals surface area (Å²) in [7, 11) is 1.35. The molecule has 1 aliphatic rings. The molecule has 6 nitrogen and oxygen atoms in total. The quantitative estimate of drug-likeness (QED) is 0.725. The van der Waals surface area contributed by atoms with Crippen LogP contribution in [0.5, 0.6) is 0 Å². The highest BCUT2D eigenvalue weighted by atomic mass is 16.5. The lowest BCUT2D eigenvalue weighted by molar-refractivity contribution is -0.126. The van der Waals surface area contributed by atoms with Gasteiger partial charge in [-0.05, 0) is 62.9 Å². The van der Waals surface area contributed by atoms with E-state index in [9.17, 15) is 14.4 Å². The second-order valence-electron chi connectivity index (χ2n) is 8.20. The Kier molecular flexibility index (Phi) is 7.45. The van der Waals surface area contributed by atoms with Gasteiger partial charge < -0.3 is 15.0 Å². The average molecular weight is 423 g/mol. The number of ether oxygens (including phenoxy) is 1. The van der Waals surface area contributed by atoms with Gasteiger partial charge in [-0.15, -0.1) is 0 Å². The van der Waals surface area contributed by atoms with E-state index in [4.69, 9.17) is 4.74 Å². The number of methoxy groups -OCH3 is 1. The minimum Gasteiger partial charge on any atom is -0.465 e. The molecule has 1 N–H and O–H groups in total. The third kappa shape index (κ3) is 5.94. The SMILES string of the molecule is COC(=O)c1ccc(CCNC(=O)C2CCCN(C(=O)c3cc(C)cc(C)c3)C2)cc1. The maximum atomic E-state index is 12.9. The lowest BCUT2D eigenvalue weighted by atomic mass is 9.96. The molecule has 1 aliphatic heterocycles. The van der Waals surface area contributed by atoms with Crippen LogP contribution in [0.25, 0.3) is 0 Å². The topological polar surface area (TPSA) is 75.7 Å². The minimum absolute atomic E-state index is 0.00463. The zero-order chi connectivity index (χ0) is 22.4. The van der Waals surface area contributed by atoms with Gasteiger partial charge in [-0.25, -0.2) is 4.79 Å². The first-order valence-electron chi connectivity index (χ1n) is 10.7. The van der Waals surface area contributed by atoms with Crippen LogP contribution in [0.2, 0.25) is 0 Å². The smallest absolute Gasteiger partial charge is 0.337 e.